The number of carboxylic acids is 1. The van der Waals surface area contributed by atoms with Crippen molar-refractivity contribution in [1.29, 1.82) is 0 Å². The van der Waals surface area contributed by atoms with Gasteiger partial charge >= 0.3 is 25.7 Å². The molecule has 0 fully saturated rings. The summed E-state index contributed by atoms with van der Waals surface area (Å²) in [4.78, 5) is 46.1. The Morgan fingerprint density at radius 2 is 0.871 bits per heavy atom. The van der Waals surface area contributed by atoms with Crippen molar-refractivity contribution in [3.05, 3.63) is 60.8 Å². The van der Waals surface area contributed by atoms with Crippen LogP contribution in [0.5, 0.6) is 0 Å². The molecule has 0 amide bonds. The number of hydrogen-bond acceptors (Lipinski definition) is 9. The second-order valence-corrected chi connectivity index (χ2v) is 17.7. The molecule has 1 unspecified atom stereocenters. The molecular formula is C50H88NO10P. The first-order valence-electron chi connectivity index (χ1n) is 24.3. The molecule has 11 nitrogen and oxygen atoms in total. The van der Waals surface area contributed by atoms with Crippen LogP contribution in [-0.4, -0.2) is 59.9 Å². The topological polar surface area (TPSA) is 172 Å². The number of ether oxygens (including phenoxy) is 2. The smallest absolute Gasteiger partial charge is 0.472 e. The van der Waals surface area contributed by atoms with Crippen LogP contribution < -0.4 is 5.73 Å². The Labute approximate surface area is 377 Å². The predicted octanol–water partition coefficient (Wildman–Crippen LogP) is 13.5. The molecule has 62 heavy (non-hydrogen) atoms. The van der Waals surface area contributed by atoms with E-state index in [1.807, 2.05) is 6.08 Å². The molecule has 0 aliphatic heterocycles. The largest absolute Gasteiger partial charge is 0.480 e. The number of esters is 2. The Kier molecular flexibility index (Phi) is 42.7. The van der Waals surface area contributed by atoms with Gasteiger partial charge in [-0.3, -0.25) is 23.4 Å². The lowest BCUT2D eigenvalue weighted by atomic mass is 10.0. The lowest BCUT2D eigenvalue weighted by Crippen LogP contribution is -2.34. The van der Waals surface area contributed by atoms with Gasteiger partial charge in [-0.1, -0.05) is 177 Å². The minimum atomic E-state index is -4.73. The number of carbonyl (C=O) groups excluding carboxylic acids is 2. The van der Waals surface area contributed by atoms with E-state index in [1.165, 1.54) is 116 Å². The van der Waals surface area contributed by atoms with Crippen molar-refractivity contribution in [3.63, 3.8) is 0 Å². The maximum atomic E-state index is 12.7. The number of phosphoric ester groups is 1. The molecule has 0 aliphatic carbocycles. The third-order valence-electron chi connectivity index (χ3n) is 10.2. The first kappa shape index (κ1) is 59.2. The summed E-state index contributed by atoms with van der Waals surface area (Å²) >= 11 is 0. The number of carboxylic acid groups (broad SMARTS) is 1. The minimum Gasteiger partial charge on any atom is -0.480 e. The number of unbranched alkanes of at least 4 members (excludes halogenated alkanes) is 21. The molecule has 4 N–H and O–H groups in total. The number of allylic oxidation sites excluding steroid dienone is 10. The molecule has 0 aromatic rings. The number of nitrogens with two attached hydrogens (primary N) is 1. The number of aliphatic carboxylic acids is 1. The molecule has 0 saturated carbocycles. The lowest BCUT2D eigenvalue weighted by molar-refractivity contribution is -0.161. The second-order valence-electron chi connectivity index (χ2n) is 16.2. The molecule has 12 heteroatoms. The highest BCUT2D eigenvalue weighted by molar-refractivity contribution is 7.47. The van der Waals surface area contributed by atoms with E-state index in [0.29, 0.717) is 19.3 Å². The third-order valence-corrected chi connectivity index (χ3v) is 11.2. The summed E-state index contributed by atoms with van der Waals surface area (Å²) in [5.74, 6) is -2.45. The van der Waals surface area contributed by atoms with E-state index in [2.05, 4.69) is 73.1 Å². The molecule has 358 valence electrons. The van der Waals surface area contributed by atoms with Crippen molar-refractivity contribution in [1.82, 2.24) is 0 Å². The average molecular weight is 894 g/mol. The molecule has 0 bridgehead atoms. The van der Waals surface area contributed by atoms with E-state index in [4.69, 9.17) is 24.8 Å². The highest BCUT2D eigenvalue weighted by Crippen LogP contribution is 2.43. The zero-order chi connectivity index (χ0) is 45.6. The Morgan fingerprint density at radius 3 is 1.37 bits per heavy atom. The van der Waals surface area contributed by atoms with E-state index < -0.39 is 51.1 Å². The predicted molar refractivity (Wildman–Crippen MR) is 254 cm³/mol. The van der Waals surface area contributed by atoms with Gasteiger partial charge in [-0.2, -0.15) is 0 Å². The number of hydrogen-bond donors (Lipinski definition) is 3. The second kappa shape index (κ2) is 44.8. The van der Waals surface area contributed by atoms with Gasteiger partial charge in [0.25, 0.3) is 0 Å². The van der Waals surface area contributed by atoms with E-state index in [1.54, 1.807) is 0 Å². The van der Waals surface area contributed by atoms with Crippen LogP contribution in [0.2, 0.25) is 0 Å². The van der Waals surface area contributed by atoms with Gasteiger partial charge in [-0.25, -0.2) is 4.57 Å². The fraction of sp³-hybridized carbons (Fsp3) is 0.740. The number of carbonyl (C=O) groups is 3. The Balaban J connectivity index is 4.35. The van der Waals surface area contributed by atoms with Crippen molar-refractivity contribution in [2.45, 2.75) is 219 Å². The Bertz CT molecular complexity index is 1280. The van der Waals surface area contributed by atoms with Crippen molar-refractivity contribution in [2.24, 2.45) is 5.73 Å². The third kappa shape index (κ3) is 43.8. The summed E-state index contributed by atoms with van der Waals surface area (Å²) < 4.78 is 32.7. The summed E-state index contributed by atoms with van der Waals surface area (Å²) in [5, 5.41) is 8.91. The van der Waals surface area contributed by atoms with Crippen molar-refractivity contribution in [2.75, 3.05) is 19.8 Å². The zero-order valence-electron chi connectivity index (χ0n) is 38.9. The first-order chi connectivity index (χ1) is 30.1. The normalized spacial score (nSPS) is 14.1. The Morgan fingerprint density at radius 1 is 0.500 bits per heavy atom. The molecule has 0 spiro atoms. The highest BCUT2D eigenvalue weighted by atomic mass is 31.2. The summed E-state index contributed by atoms with van der Waals surface area (Å²) in [6.07, 6.45) is 52.9. The van der Waals surface area contributed by atoms with Gasteiger partial charge < -0.3 is 25.2 Å². The summed E-state index contributed by atoms with van der Waals surface area (Å²) in [6.45, 7) is 2.73. The van der Waals surface area contributed by atoms with Gasteiger partial charge in [0.2, 0.25) is 0 Å². The monoisotopic (exact) mass is 894 g/mol. The molecule has 0 saturated heterocycles. The number of rotatable bonds is 45. The van der Waals surface area contributed by atoms with E-state index in [9.17, 15) is 23.8 Å². The molecule has 0 heterocycles. The first-order valence-corrected chi connectivity index (χ1v) is 25.8. The average Bonchev–Trinajstić information content (AvgIpc) is 3.25. The van der Waals surface area contributed by atoms with Gasteiger partial charge in [-0.05, 0) is 77.0 Å². The summed E-state index contributed by atoms with van der Waals surface area (Å²) in [7, 11) is -4.73. The van der Waals surface area contributed by atoms with Gasteiger partial charge in [0.1, 0.15) is 12.6 Å². The van der Waals surface area contributed by atoms with Gasteiger partial charge in [0, 0.05) is 12.8 Å². The van der Waals surface area contributed by atoms with Crippen LogP contribution in [0.4, 0.5) is 0 Å². The van der Waals surface area contributed by atoms with Crippen molar-refractivity contribution >= 4 is 25.7 Å². The van der Waals surface area contributed by atoms with Crippen LogP contribution in [0, 0.1) is 0 Å². The van der Waals surface area contributed by atoms with Crippen LogP contribution in [0.1, 0.15) is 206 Å². The van der Waals surface area contributed by atoms with E-state index >= 15 is 0 Å². The van der Waals surface area contributed by atoms with E-state index in [0.717, 1.165) is 44.9 Å². The van der Waals surface area contributed by atoms with E-state index in [-0.39, 0.29) is 19.4 Å². The molecular weight excluding hydrogens is 806 g/mol. The maximum Gasteiger partial charge on any atom is 0.472 e. The minimum absolute atomic E-state index is 0.144. The fourth-order valence-corrected chi connectivity index (χ4v) is 7.18. The quantitative estimate of drug-likeness (QED) is 0.0230. The van der Waals surface area contributed by atoms with Crippen molar-refractivity contribution < 1.29 is 47.5 Å². The fourth-order valence-electron chi connectivity index (χ4n) is 6.41. The van der Waals surface area contributed by atoms with Gasteiger partial charge in [-0.15, -0.1) is 0 Å². The van der Waals surface area contributed by atoms with Gasteiger partial charge in [0.15, 0.2) is 6.10 Å². The maximum absolute atomic E-state index is 12.7. The van der Waals surface area contributed by atoms with Gasteiger partial charge in [0.05, 0.1) is 13.2 Å². The molecule has 0 radical (unpaired) electrons. The van der Waals surface area contributed by atoms with Crippen molar-refractivity contribution in [3.8, 4) is 0 Å². The lowest BCUT2D eigenvalue weighted by Gasteiger charge is -2.20. The van der Waals surface area contributed by atoms with Crippen LogP contribution in [0.25, 0.3) is 0 Å². The summed E-state index contributed by atoms with van der Waals surface area (Å²) in [5.41, 5.74) is 5.34. The summed E-state index contributed by atoms with van der Waals surface area (Å²) in [6, 6.07) is -1.53. The molecule has 3 atom stereocenters. The zero-order valence-corrected chi connectivity index (χ0v) is 39.8. The standard InChI is InChI=1S/C50H88NO10P/c1-3-5-7-9-11-13-15-17-19-21-22-23-24-26-28-30-32-34-36-38-40-42-49(53)61-46(44-59-62(56,57)60-45-47(51)50(54)55)43-58-48(52)41-39-37-35-33-31-29-27-25-20-18-16-14-12-10-8-6-4-2/h12,14,17-20,27,29,33,35,46-47H,3-11,13,15-16,21-26,28,30-32,34,36-45,51H2,1-2H3,(H,54,55)(H,56,57)/b14-12-,19-17-,20-18-,29-27-,35-33-/t46-,47+/m1/s1. The molecule has 0 aliphatic rings. The van der Waals surface area contributed by atoms with Crippen LogP contribution in [0.3, 0.4) is 0 Å². The van der Waals surface area contributed by atoms with Crippen LogP contribution >= 0.6 is 7.82 Å². The highest BCUT2D eigenvalue weighted by Gasteiger charge is 2.28. The van der Waals surface area contributed by atoms with Crippen LogP contribution in [-0.2, 0) is 37.5 Å². The molecule has 0 rings (SSSR count). The number of phosphoric acid groups is 1. The Hall–Kier alpha value is -2.82. The SMILES string of the molecule is CCCCC/C=C\C/C=C\C/C=C\C/C=C\CCCC(=O)OC[C@H](COP(=O)(O)OC[C@H](N)C(=O)O)OC(=O)CCCCCCCCCCCCC/C=C\CCCCCCCC. The van der Waals surface area contributed by atoms with Crippen LogP contribution in [0.15, 0.2) is 60.8 Å². The molecule has 0 aromatic heterocycles. The molecule has 0 aromatic carbocycles.